The molecule has 2 heterocycles. The van der Waals surface area contributed by atoms with Gasteiger partial charge >= 0.3 is 0 Å². The Labute approximate surface area is 130 Å². The zero-order valence-corrected chi connectivity index (χ0v) is 13.1. The van der Waals surface area contributed by atoms with E-state index in [9.17, 15) is 9.59 Å². The van der Waals surface area contributed by atoms with Crippen LogP contribution in [0.1, 0.15) is 54.7 Å². The Morgan fingerprint density at radius 3 is 2.86 bits per heavy atom. The first kappa shape index (κ1) is 15.1. The summed E-state index contributed by atoms with van der Waals surface area (Å²) in [7, 11) is 0. The van der Waals surface area contributed by atoms with E-state index in [0.717, 1.165) is 12.2 Å². The lowest BCUT2D eigenvalue weighted by molar-refractivity contribution is -0.128. The van der Waals surface area contributed by atoms with Gasteiger partial charge in [0.15, 0.2) is 0 Å². The van der Waals surface area contributed by atoms with Crippen LogP contribution in [0.4, 0.5) is 0 Å². The molecule has 3 rings (SSSR count). The summed E-state index contributed by atoms with van der Waals surface area (Å²) >= 11 is 0. The fourth-order valence-electron chi connectivity index (χ4n) is 3.57. The predicted molar refractivity (Wildman–Crippen MR) is 82.4 cm³/mol. The van der Waals surface area contributed by atoms with Crippen LogP contribution in [0, 0.1) is 12.8 Å². The van der Waals surface area contributed by atoms with Gasteiger partial charge in [0, 0.05) is 25.2 Å². The second-order valence-corrected chi connectivity index (χ2v) is 6.55. The predicted octanol–water partition coefficient (Wildman–Crippen LogP) is 1.63. The summed E-state index contributed by atoms with van der Waals surface area (Å²) < 4.78 is 0. The highest BCUT2D eigenvalue weighted by Crippen LogP contribution is 2.26. The van der Waals surface area contributed by atoms with Gasteiger partial charge in [0.2, 0.25) is 5.91 Å². The maximum Gasteiger partial charge on any atom is 0.272 e. The van der Waals surface area contributed by atoms with E-state index >= 15 is 0 Å². The van der Waals surface area contributed by atoms with Crippen molar-refractivity contribution in [2.24, 2.45) is 5.92 Å². The number of hydrogen-bond acceptors (Lipinski definition) is 3. The number of aromatic nitrogens is 2. The average molecular weight is 304 g/mol. The van der Waals surface area contributed by atoms with Crippen molar-refractivity contribution in [2.75, 3.05) is 13.1 Å². The van der Waals surface area contributed by atoms with Crippen molar-refractivity contribution in [3.05, 3.63) is 17.7 Å². The quantitative estimate of drug-likeness (QED) is 0.887. The van der Waals surface area contributed by atoms with Crippen LogP contribution >= 0.6 is 0 Å². The lowest BCUT2D eigenvalue weighted by atomic mass is 9.89. The lowest BCUT2D eigenvalue weighted by Gasteiger charge is -2.27. The molecule has 0 unspecified atom stereocenters. The number of hydrogen-bond donors (Lipinski definition) is 2. The first-order chi connectivity index (χ1) is 10.6. The van der Waals surface area contributed by atoms with Gasteiger partial charge in [-0.3, -0.25) is 9.59 Å². The summed E-state index contributed by atoms with van der Waals surface area (Å²) in [4.78, 5) is 33.2. The molecule has 0 spiro atoms. The van der Waals surface area contributed by atoms with Crippen LogP contribution in [0.25, 0.3) is 0 Å². The molecule has 1 aromatic rings. The van der Waals surface area contributed by atoms with Crippen molar-refractivity contribution >= 4 is 11.8 Å². The molecule has 1 aromatic heterocycles. The molecule has 22 heavy (non-hydrogen) atoms. The lowest BCUT2D eigenvalue weighted by Crippen LogP contribution is -2.38. The number of amides is 2. The highest BCUT2D eigenvalue weighted by molar-refractivity contribution is 5.94. The van der Waals surface area contributed by atoms with Gasteiger partial charge in [-0.15, -0.1) is 0 Å². The molecule has 1 atom stereocenters. The van der Waals surface area contributed by atoms with Gasteiger partial charge < -0.3 is 15.2 Å². The van der Waals surface area contributed by atoms with E-state index in [1.807, 2.05) is 11.8 Å². The van der Waals surface area contributed by atoms with E-state index in [0.29, 0.717) is 24.6 Å². The van der Waals surface area contributed by atoms with Crippen LogP contribution in [-0.4, -0.2) is 45.8 Å². The Kier molecular flexibility index (Phi) is 4.45. The number of imidazole rings is 1. The van der Waals surface area contributed by atoms with Crippen molar-refractivity contribution in [3.8, 4) is 0 Å². The maximum atomic E-state index is 12.2. The number of rotatable bonds is 4. The molecule has 1 saturated heterocycles. The van der Waals surface area contributed by atoms with E-state index in [4.69, 9.17) is 0 Å². The number of likely N-dealkylation sites (tertiary alicyclic amines) is 1. The third kappa shape index (κ3) is 3.31. The van der Waals surface area contributed by atoms with Crippen molar-refractivity contribution in [2.45, 2.75) is 51.5 Å². The number of H-pyrrole nitrogens is 1. The van der Waals surface area contributed by atoms with Crippen molar-refractivity contribution in [1.29, 1.82) is 0 Å². The summed E-state index contributed by atoms with van der Waals surface area (Å²) in [6.45, 7) is 3.30. The third-order valence-electron chi connectivity index (χ3n) is 4.80. The molecule has 6 nitrogen and oxygen atoms in total. The monoisotopic (exact) mass is 304 g/mol. The van der Waals surface area contributed by atoms with Gasteiger partial charge in [0.1, 0.15) is 5.69 Å². The van der Waals surface area contributed by atoms with E-state index in [-0.39, 0.29) is 17.9 Å². The normalized spacial score (nSPS) is 23.0. The number of nitrogens with zero attached hydrogens (tertiary/aromatic N) is 2. The Morgan fingerprint density at radius 1 is 1.41 bits per heavy atom. The first-order valence-corrected chi connectivity index (χ1v) is 8.22. The number of carbonyl (C=O) groups is 2. The molecule has 0 bridgehead atoms. The maximum absolute atomic E-state index is 12.2. The third-order valence-corrected chi connectivity index (χ3v) is 4.80. The molecule has 2 fully saturated rings. The van der Waals surface area contributed by atoms with E-state index in [2.05, 4.69) is 15.3 Å². The molecule has 1 aliphatic heterocycles. The van der Waals surface area contributed by atoms with Crippen LogP contribution in [0.5, 0.6) is 0 Å². The van der Waals surface area contributed by atoms with Gasteiger partial charge in [0.05, 0.1) is 12.4 Å². The van der Waals surface area contributed by atoms with Crippen molar-refractivity contribution in [1.82, 2.24) is 20.2 Å². The van der Waals surface area contributed by atoms with E-state index < -0.39 is 0 Å². The highest BCUT2D eigenvalue weighted by atomic mass is 16.2. The summed E-state index contributed by atoms with van der Waals surface area (Å²) in [5.74, 6) is 0.603. The van der Waals surface area contributed by atoms with E-state index in [1.54, 1.807) is 0 Å². The Balaban J connectivity index is 1.53. The minimum Gasteiger partial charge on any atom is -0.348 e. The summed E-state index contributed by atoms with van der Waals surface area (Å²) in [5, 5.41) is 2.94. The molecular weight excluding hydrogens is 280 g/mol. The largest absolute Gasteiger partial charge is 0.348 e. The summed E-state index contributed by atoms with van der Waals surface area (Å²) in [6, 6.07) is -0.0975. The Hall–Kier alpha value is -1.85. The van der Waals surface area contributed by atoms with Crippen LogP contribution in [0.15, 0.2) is 6.33 Å². The Bertz CT molecular complexity index is 548. The smallest absolute Gasteiger partial charge is 0.272 e. The number of aryl methyl sites for hydroxylation is 1. The minimum atomic E-state index is -0.198. The van der Waals surface area contributed by atoms with Gasteiger partial charge in [-0.05, 0) is 25.7 Å². The topological polar surface area (TPSA) is 78.1 Å². The molecular formula is C16H24N4O2. The number of aromatic amines is 1. The van der Waals surface area contributed by atoms with Crippen LogP contribution in [0.3, 0.4) is 0 Å². The van der Waals surface area contributed by atoms with Crippen molar-refractivity contribution in [3.63, 3.8) is 0 Å². The highest BCUT2D eigenvalue weighted by Gasteiger charge is 2.32. The molecule has 1 saturated carbocycles. The van der Waals surface area contributed by atoms with Gasteiger partial charge in [0.25, 0.3) is 5.91 Å². The van der Waals surface area contributed by atoms with Gasteiger partial charge in [-0.1, -0.05) is 19.3 Å². The fourth-order valence-corrected chi connectivity index (χ4v) is 3.57. The molecule has 6 heteroatoms. The van der Waals surface area contributed by atoms with Crippen LogP contribution in [-0.2, 0) is 4.79 Å². The molecule has 2 aliphatic rings. The zero-order valence-electron chi connectivity index (χ0n) is 13.1. The second-order valence-electron chi connectivity index (χ2n) is 6.55. The van der Waals surface area contributed by atoms with Crippen molar-refractivity contribution < 1.29 is 9.59 Å². The molecule has 120 valence electrons. The van der Waals surface area contributed by atoms with Gasteiger partial charge in [-0.2, -0.15) is 0 Å². The first-order valence-electron chi connectivity index (χ1n) is 8.22. The molecule has 1 aliphatic carbocycles. The minimum absolute atomic E-state index is 0.0975. The number of carbonyl (C=O) groups excluding carboxylic acids is 2. The fraction of sp³-hybridized carbons (Fsp3) is 0.688. The van der Waals surface area contributed by atoms with E-state index in [1.165, 1.54) is 38.4 Å². The molecule has 2 amide bonds. The standard InChI is InChI=1S/C16H24N4O2/c1-11-15(18-10-17-11)16(22)19-13-7-14(21)20(9-13)8-12-5-3-2-4-6-12/h10,12-13H,2-9H2,1H3,(H,17,18)(H,19,22)/t13-/m0/s1. The number of nitrogens with one attached hydrogen (secondary N) is 2. The van der Waals surface area contributed by atoms with Crippen LogP contribution < -0.4 is 5.32 Å². The van der Waals surface area contributed by atoms with Crippen LogP contribution in [0.2, 0.25) is 0 Å². The zero-order chi connectivity index (χ0) is 15.5. The molecule has 2 N–H and O–H groups in total. The molecule has 0 radical (unpaired) electrons. The SMILES string of the molecule is Cc1[nH]cnc1C(=O)N[C@H]1CC(=O)N(CC2CCCCC2)C1. The average Bonchev–Trinajstić information content (AvgIpc) is 3.07. The molecule has 0 aromatic carbocycles. The second kappa shape index (κ2) is 6.50. The van der Waals surface area contributed by atoms with Gasteiger partial charge in [-0.25, -0.2) is 4.98 Å². The summed E-state index contributed by atoms with van der Waals surface area (Å²) in [5.41, 5.74) is 1.17. The summed E-state index contributed by atoms with van der Waals surface area (Å²) in [6.07, 6.45) is 8.27. The Morgan fingerprint density at radius 2 is 2.18 bits per heavy atom.